The van der Waals surface area contributed by atoms with Crippen LogP contribution in [0.15, 0.2) is 0 Å². The molecule has 0 spiro atoms. The van der Waals surface area contributed by atoms with Crippen molar-refractivity contribution in [2.45, 2.75) is 18.9 Å². The summed E-state index contributed by atoms with van der Waals surface area (Å²) in [5.41, 5.74) is -0.235. The molecule has 2 N–H and O–H groups in total. The van der Waals surface area contributed by atoms with Crippen molar-refractivity contribution in [2.75, 3.05) is 20.3 Å². The van der Waals surface area contributed by atoms with Gasteiger partial charge < -0.3 is 14.9 Å². The summed E-state index contributed by atoms with van der Waals surface area (Å²) in [4.78, 5) is 0. The van der Waals surface area contributed by atoms with Crippen molar-refractivity contribution in [2.24, 2.45) is 5.41 Å². The average Bonchev–Trinajstić information content (AvgIpc) is 1.89. The Bertz CT molecular complexity index is 101. The van der Waals surface area contributed by atoms with E-state index in [1.165, 1.54) is 0 Å². The van der Waals surface area contributed by atoms with E-state index in [-0.39, 0.29) is 24.7 Å². The third-order valence-electron chi connectivity index (χ3n) is 2.33. The molecule has 0 aliphatic heterocycles. The van der Waals surface area contributed by atoms with Gasteiger partial charge in [0.25, 0.3) is 0 Å². The van der Waals surface area contributed by atoms with Gasteiger partial charge in [-0.15, -0.1) is 0 Å². The largest absolute Gasteiger partial charge is 0.396 e. The van der Waals surface area contributed by atoms with Crippen LogP contribution in [0, 0.1) is 5.41 Å². The first-order valence-electron chi connectivity index (χ1n) is 3.51. The fourth-order valence-electron chi connectivity index (χ4n) is 1.38. The second kappa shape index (κ2) is 2.86. The maximum absolute atomic E-state index is 8.83. The van der Waals surface area contributed by atoms with Crippen molar-refractivity contribution in [1.29, 1.82) is 0 Å². The summed E-state index contributed by atoms with van der Waals surface area (Å²) in [6.45, 7) is 0.146. The van der Waals surface area contributed by atoms with Crippen LogP contribution in [0.2, 0.25) is 0 Å². The molecule has 1 saturated carbocycles. The third kappa shape index (κ3) is 1.17. The van der Waals surface area contributed by atoms with E-state index in [2.05, 4.69) is 0 Å². The fourth-order valence-corrected chi connectivity index (χ4v) is 1.38. The van der Waals surface area contributed by atoms with E-state index < -0.39 is 0 Å². The van der Waals surface area contributed by atoms with Crippen molar-refractivity contribution < 1.29 is 14.9 Å². The molecule has 3 nitrogen and oxygen atoms in total. The lowest BCUT2D eigenvalue weighted by Gasteiger charge is -2.44. The van der Waals surface area contributed by atoms with Gasteiger partial charge >= 0.3 is 0 Å². The highest BCUT2D eigenvalue weighted by molar-refractivity contribution is 4.93. The minimum Gasteiger partial charge on any atom is -0.396 e. The molecule has 3 heteroatoms. The number of hydrogen-bond donors (Lipinski definition) is 2. The van der Waals surface area contributed by atoms with Crippen molar-refractivity contribution in [1.82, 2.24) is 0 Å². The summed E-state index contributed by atoms with van der Waals surface area (Å²) in [5.74, 6) is 0. The molecule has 0 atom stereocenters. The molecule has 1 rings (SSSR count). The van der Waals surface area contributed by atoms with Crippen LogP contribution in [0.3, 0.4) is 0 Å². The Morgan fingerprint density at radius 2 is 1.90 bits per heavy atom. The molecule has 0 unspecified atom stereocenters. The smallest absolute Gasteiger partial charge is 0.0585 e. The van der Waals surface area contributed by atoms with Gasteiger partial charge in [0.05, 0.1) is 19.3 Å². The second-order valence-corrected chi connectivity index (χ2v) is 3.08. The SMILES string of the molecule is COC1CC(CO)(CO)C1. The fraction of sp³-hybridized carbons (Fsp3) is 1.00. The van der Waals surface area contributed by atoms with E-state index >= 15 is 0 Å². The summed E-state index contributed by atoms with van der Waals surface area (Å²) >= 11 is 0. The summed E-state index contributed by atoms with van der Waals surface area (Å²) in [6.07, 6.45) is 1.83. The first-order valence-corrected chi connectivity index (χ1v) is 3.51. The van der Waals surface area contributed by atoms with Gasteiger partial charge in [0.2, 0.25) is 0 Å². The zero-order valence-corrected chi connectivity index (χ0v) is 6.21. The molecule has 1 fully saturated rings. The molecule has 0 heterocycles. The lowest BCUT2D eigenvalue weighted by Crippen LogP contribution is -2.47. The normalized spacial score (nSPS) is 24.3. The molecule has 1 aliphatic carbocycles. The van der Waals surface area contributed by atoms with Crippen LogP contribution in [0.25, 0.3) is 0 Å². The van der Waals surface area contributed by atoms with Crippen LogP contribution < -0.4 is 0 Å². The molecule has 60 valence electrons. The monoisotopic (exact) mass is 146 g/mol. The third-order valence-corrected chi connectivity index (χ3v) is 2.33. The second-order valence-electron chi connectivity index (χ2n) is 3.08. The molecule has 0 amide bonds. The summed E-state index contributed by atoms with van der Waals surface area (Å²) in [7, 11) is 1.66. The number of rotatable bonds is 3. The molecule has 0 bridgehead atoms. The van der Waals surface area contributed by atoms with Crippen LogP contribution >= 0.6 is 0 Å². The molecular formula is C7H14O3. The quantitative estimate of drug-likeness (QED) is 0.578. The highest BCUT2D eigenvalue weighted by atomic mass is 16.5. The Morgan fingerprint density at radius 1 is 1.40 bits per heavy atom. The molecular weight excluding hydrogens is 132 g/mol. The predicted octanol–water partition coefficient (Wildman–Crippen LogP) is -0.234. The van der Waals surface area contributed by atoms with Crippen LogP contribution in [-0.2, 0) is 4.74 Å². The average molecular weight is 146 g/mol. The van der Waals surface area contributed by atoms with E-state index in [0.29, 0.717) is 0 Å². The lowest BCUT2D eigenvalue weighted by atomic mass is 9.68. The Kier molecular flexibility index (Phi) is 2.28. The van der Waals surface area contributed by atoms with Crippen LogP contribution in [0.5, 0.6) is 0 Å². The van der Waals surface area contributed by atoms with Gasteiger partial charge in [0.15, 0.2) is 0 Å². The van der Waals surface area contributed by atoms with Crippen molar-refractivity contribution in [3.8, 4) is 0 Å². The Balaban J connectivity index is 2.31. The Morgan fingerprint density at radius 3 is 2.20 bits per heavy atom. The van der Waals surface area contributed by atoms with Crippen molar-refractivity contribution >= 4 is 0 Å². The lowest BCUT2D eigenvalue weighted by molar-refractivity contribution is -0.108. The van der Waals surface area contributed by atoms with Gasteiger partial charge in [0.1, 0.15) is 0 Å². The number of aliphatic hydroxyl groups is 2. The minimum atomic E-state index is -0.235. The van der Waals surface area contributed by atoms with Crippen LogP contribution in [-0.4, -0.2) is 36.6 Å². The zero-order valence-electron chi connectivity index (χ0n) is 6.21. The maximum Gasteiger partial charge on any atom is 0.0585 e. The van der Waals surface area contributed by atoms with E-state index in [4.69, 9.17) is 14.9 Å². The van der Waals surface area contributed by atoms with Gasteiger partial charge in [-0.05, 0) is 12.8 Å². The first-order chi connectivity index (χ1) is 4.76. The van der Waals surface area contributed by atoms with Gasteiger partial charge in [-0.2, -0.15) is 0 Å². The minimum absolute atomic E-state index is 0.0728. The van der Waals surface area contributed by atoms with E-state index in [9.17, 15) is 0 Å². The molecule has 1 aliphatic rings. The van der Waals surface area contributed by atoms with Gasteiger partial charge in [0, 0.05) is 12.5 Å². The van der Waals surface area contributed by atoms with E-state index in [1.54, 1.807) is 7.11 Å². The van der Waals surface area contributed by atoms with Gasteiger partial charge in [-0.3, -0.25) is 0 Å². The standard InChI is InChI=1S/C7H14O3/c1-10-6-2-7(3-6,4-8)5-9/h6,8-9H,2-5H2,1H3. The van der Waals surface area contributed by atoms with E-state index in [0.717, 1.165) is 12.8 Å². The molecule has 0 saturated heterocycles. The Labute approximate surface area is 60.6 Å². The molecule has 0 radical (unpaired) electrons. The van der Waals surface area contributed by atoms with Crippen LogP contribution in [0.1, 0.15) is 12.8 Å². The van der Waals surface area contributed by atoms with Crippen molar-refractivity contribution in [3.05, 3.63) is 0 Å². The highest BCUT2D eigenvalue weighted by Crippen LogP contribution is 2.41. The predicted molar refractivity (Wildman–Crippen MR) is 36.6 cm³/mol. The van der Waals surface area contributed by atoms with Gasteiger partial charge in [-0.25, -0.2) is 0 Å². The molecule has 0 aromatic heterocycles. The number of aliphatic hydroxyl groups excluding tert-OH is 2. The number of methoxy groups -OCH3 is 1. The van der Waals surface area contributed by atoms with E-state index in [1.807, 2.05) is 0 Å². The highest BCUT2D eigenvalue weighted by Gasteiger charge is 2.43. The topological polar surface area (TPSA) is 49.7 Å². The van der Waals surface area contributed by atoms with Crippen LogP contribution in [0.4, 0.5) is 0 Å². The number of hydrogen-bond acceptors (Lipinski definition) is 3. The van der Waals surface area contributed by atoms with Gasteiger partial charge in [-0.1, -0.05) is 0 Å². The Hall–Kier alpha value is -0.120. The van der Waals surface area contributed by atoms with Crippen molar-refractivity contribution in [3.63, 3.8) is 0 Å². The summed E-state index contributed by atoms with van der Waals surface area (Å²) in [6, 6.07) is 0. The number of ether oxygens (including phenoxy) is 1. The first kappa shape index (κ1) is 7.98. The maximum atomic E-state index is 8.83. The molecule has 0 aromatic carbocycles. The molecule has 10 heavy (non-hydrogen) atoms. The molecule has 0 aromatic rings. The summed E-state index contributed by atoms with van der Waals surface area (Å²) < 4.78 is 5.02. The summed E-state index contributed by atoms with van der Waals surface area (Å²) in [5, 5.41) is 17.7. The zero-order chi connectivity index (χ0) is 7.61.